The zero-order chi connectivity index (χ0) is 28.6. The van der Waals surface area contributed by atoms with Crippen molar-refractivity contribution in [3.8, 4) is 5.75 Å². The number of methoxy groups -OCH3 is 1. The Labute approximate surface area is 239 Å². The molecule has 0 aliphatic rings. The van der Waals surface area contributed by atoms with Crippen molar-refractivity contribution in [2.24, 2.45) is 0 Å². The minimum Gasteiger partial charge on any atom is -0.495 e. The number of likely N-dealkylation sites (N-methyl/N-ethyl adjacent to an activating group) is 1. The molecule has 3 aromatic carbocycles. The van der Waals surface area contributed by atoms with Gasteiger partial charge in [0.05, 0.1) is 24.1 Å². The van der Waals surface area contributed by atoms with E-state index in [0.29, 0.717) is 22.9 Å². The monoisotopic (exact) mass is 591 g/mol. The summed E-state index contributed by atoms with van der Waals surface area (Å²) >= 11 is 12.7. The van der Waals surface area contributed by atoms with Gasteiger partial charge in [-0.3, -0.25) is 13.9 Å². The summed E-state index contributed by atoms with van der Waals surface area (Å²) < 4.78 is 31.8. The highest BCUT2D eigenvalue weighted by atomic mass is 35.5. The highest BCUT2D eigenvalue weighted by Gasteiger charge is 2.33. The van der Waals surface area contributed by atoms with Crippen LogP contribution in [-0.4, -0.2) is 57.6 Å². The SMILES string of the molecule is CCNC(=O)[C@@H](Cc1ccccc1)N(Cc1ccccc1Cl)C(=O)CN(c1ccc(OC)c(Cl)c1)S(C)(=O)=O. The number of sulfonamides is 1. The van der Waals surface area contributed by atoms with Crippen molar-refractivity contribution >= 4 is 50.7 Å². The average Bonchev–Trinajstić information content (AvgIpc) is 2.90. The predicted molar refractivity (Wildman–Crippen MR) is 155 cm³/mol. The maximum atomic E-state index is 14.0. The molecule has 0 aliphatic carbocycles. The number of carbonyl (C=O) groups excluding carboxylic acids is 2. The Morgan fingerprint density at radius 1 is 0.974 bits per heavy atom. The zero-order valence-electron chi connectivity index (χ0n) is 21.9. The Hall–Kier alpha value is -3.27. The molecule has 0 aliphatic heterocycles. The molecule has 0 bridgehead atoms. The van der Waals surface area contributed by atoms with E-state index in [0.717, 1.165) is 16.1 Å². The maximum absolute atomic E-state index is 14.0. The first-order valence-electron chi connectivity index (χ1n) is 12.2. The van der Waals surface area contributed by atoms with Crippen molar-refractivity contribution in [1.29, 1.82) is 0 Å². The second kappa shape index (κ2) is 13.7. The van der Waals surface area contributed by atoms with Crippen LogP contribution < -0.4 is 14.4 Å². The second-order valence-electron chi connectivity index (χ2n) is 8.80. The molecule has 0 saturated carbocycles. The Balaban J connectivity index is 2.06. The normalized spacial score (nSPS) is 11.9. The lowest BCUT2D eigenvalue weighted by Crippen LogP contribution is -2.53. The molecule has 208 valence electrons. The van der Waals surface area contributed by atoms with Crippen molar-refractivity contribution in [2.45, 2.75) is 25.9 Å². The molecule has 11 heteroatoms. The Kier molecular flexibility index (Phi) is 10.6. The van der Waals surface area contributed by atoms with E-state index in [1.165, 1.54) is 30.2 Å². The van der Waals surface area contributed by atoms with E-state index in [4.69, 9.17) is 27.9 Å². The molecule has 0 fully saturated rings. The first-order valence-corrected chi connectivity index (χ1v) is 14.8. The number of carbonyl (C=O) groups is 2. The third kappa shape index (κ3) is 8.11. The number of hydrogen-bond acceptors (Lipinski definition) is 5. The largest absolute Gasteiger partial charge is 0.495 e. The van der Waals surface area contributed by atoms with Crippen LogP contribution in [0.1, 0.15) is 18.1 Å². The van der Waals surface area contributed by atoms with Gasteiger partial charge in [0, 0.05) is 24.5 Å². The van der Waals surface area contributed by atoms with Gasteiger partial charge in [0.15, 0.2) is 0 Å². The molecular formula is C28H31Cl2N3O5S. The van der Waals surface area contributed by atoms with Crippen LogP contribution in [0.25, 0.3) is 0 Å². The fourth-order valence-corrected chi connectivity index (χ4v) is 5.37. The lowest BCUT2D eigenvalue weighted by molar-refractivity contribution is -0.140. The van der Waals surface area contributed by atoms with Gasteiger partial charge < -0.3 is 15.0 Å². The summed E-state index contributed by atoms with van der Waals surface area (Å²) in [6.45, 7) is 1.58. The molecule has 8 nitrogen and oxygen atoms in total. The fraction of sp³-hybridized carbons (Fsp3) is 0.286. The first-order chi connectivity index (χ1) is 18.5. The quantitative estimate of drug-likeness (QED) is 0.333. The van der Waals surface area contributed by atoms with Gasteiger partial charge in [-0.2, -0.15) is 0 Å². The van der Waals surface area contributed by atoms with E-state index in [1.54, 1.807) is 31.2 Å². The highest BCUT2D eigenvalue weighted by Crippen LogP contribution is 2.30. The first kappa shape index (κ1) is 30.3. The van der Waals surface area contributed by atoms with Gasteiger partial charge in [0.25, 0.3) is 0 Å². The minimum atomic E-state index is -3.92. The van der Waals surface area contributed by atoms with E-state index in [9.17, 15) is 18.0 Å². The van der Waals surface area contributed by atoms with Gasteiger partial charge in [0.2, 0.25) is 21.8 Å². The Morgan fingerprint density at radius 2 is 1.64 bits per heavy atom. The molecule has 39 heavy (non-hydrogen) atoms. The molecule has 3 rings (SSSR count). The number of nitrogens with one attached hydrogen (secondary N) is 1. The topological polar surface area (TPSA) is 96.0 Å². The van der Waals surface area contributed by atoms with Crippen molar-refractivity contribution < 1.29 is 22.7 Å². The zero-order valence-corrected chi connectivity index (χ0v) is 24.3. The lowest BCUT2D eigenvalue weighted by Gasteiger charge is -2.33. The van der Waals surface area contributed by atoms with Crippen molar-refractivity contribution in [3.05, 3.63) is 94.0 Å². The highest BCUT2D eigenvalue weighted by molar-refractivity contribution is 7.92. The van der Waals surface area contributed by atoms with Gasteiger partial charge in [-0.25, -0.2) is 8.42 Å². The number of benzene rings is 3. The molecule has 2 amide bonds. The molecule has 0 heterocycles. The van der Waals surface area contributed by atoms with E-state index in [-0.39, 0.29) is 29.6 Å². The van der Waals surface area contributed by atoms with Crippen LogP contribution in [0.3, 0.4) is 0 Å². The summed E-state index contributed by atoms with van der Waals surface area (Å²) in [5.41, 5.74) is 1.65. The van der Waals surface area contributed by atoms with Crippen LogP contribution in [0.4, 0.5) is 5.69 Å². The summed E-state index contributed by atoms with van der Waals surface area (Å²) in [6, 6.07) is 19.8. The number of rotatable bonds is 12. The predicted octanol–water partition coefficient (Wildman–Crippen LogP) is 4.54. The average molecular weight is 593 g/mol. The summed E-state index contributed by atoms with van der Waals surface area (Å²) in [4.78, 5) is 28.7. The third-order valence-electron chi connectivity index (χ3n) is 6.02. The maximum Gasteiger partial charge on any atom is 0.244 e. The van der Waals surface area contributed by atoms with Gasteiger partial charge in [0.1, 0.15) is 18.3 Å². The number of hydrogen-bond donors (Lipinski definition) is 1. The van der Waals surface area contributed by atoms with Gasteiger partial charge in [-0.1, -0.05) is 71.7 Å². The fourth-order valence-electron chi connectivity index (χ4n) is 4.08. The smallest absolute Gasteiger partial charge is 0.244 e. The van der Waals surface area contributed by atoms with E-state index < -0.39 is 28.5 Å². The summed E-state index contributed by atoms with van der Waals surface area (Å²) in [7, 11) is -2.48. The van der Waals surface area contributed by atoms with Crippen LogP contribution in [0.2, 0.25) is 10.0 Å². The Morgan fingerprint density at radius 3 is 2.23 bits per heavy atom. The van der Waals surface area contributed by atoms with Gasteiger partial charge in [-0.15, -0.1) is 0 Å². The third-order valence-corrected chi connectivity index (χ3v) is 7.83. The van der Waals surface area contributed by atoms with Crippen LogP contribution in [0, 0.1) is 0 Å². The summed E-state index contributed by atoms with van der Waals surface area (Å²) in [6.07, 6.45) is 1.22. The van der Waals surface area contributed by atoms with Crippen molar-refractivity contribution in [1.82, 2.24) is 10.2 Å². The number of amides is 2. The Bertz CT molecular complexity index is 1400. The molecule has 0 saturated heterocycles. The number of anilines is 1. The minimum absolute atomic E-state index is 0.00584. The van der Waals surface area contributed by atoms with E-state index in [1.807, 2.05) is 30.3 Å². The number of ether oxygens (including phenoxy) is 1. The standard InChI is InChI=1S/C28H31Cl2N3O5S/c1-4-31-28(35)25(16-20-10-6-5-7-11-20)32(18-21-12-8-9-13-23(21)29)27(34)19-33(39(3,36)37)22-14-15-26(38-2)24(30)17-22/h5-15,17,25H,4,16,18-19H2,1-3H3,(H,31,35)/t25-/m1/s1. The van der Waals surface area contributed by atoms with Gasteiger partial charge in [-0.05, 0) is 42.3 Å². The number of halogens is 2. The van der Waals surface area contributed by atoms with Crippen molar-refractivity contribution in [2.75, 3.05) is 30.8 Å². The van der Waals surface area contributed by atoms with Gasteiger partial charge >= 0.3 is 0 Å². The molecule has 0 radical (unpaired) electrons. The number of nitrogens with zero attached hydrogens (tertiary/aromatic N) is 2. The molecule has 0 unspecified atom stereocenters. The van der Waals surface area contributed by atoms with Crippen LogP contribution in [0.5, 0.6) is 5.75 Å². The lowest BCUT2D eigenvalue weighted by atomic mass is 10.0. The molecule has 3 aromatic rings. The molecule has 0 spiro atoms. The van der Waals surface area contributed by atoms with E-state index >= 15 is 0 Å². The molecule has 1 N–H and O–H groups in total. The van der Waals surface area contributed by atoms with Crippen molar-refractivity contribution in [3.63, 3.8) is 0 Å². The van der Waals surface area contributed by atoms with E-state index in [2.05, 4.69) is 5.32 Å². The summed E-state index contributed by atoms with van der Waals surface area (Å²) in [5.74, 6) is -0.584. The van der Waals surface area contributed by atoms with Crippen LogP contribution in [-0.2, 0) is 32.6 Å². The van der Waals surface area contributed by atoms with Crippen LogP contribution >= 0.6 is 23.2 Å². The van der Waals surface area contributed by atoms with Crippen LogP contribution in [0.15, 0.2) is 72.8 Å². The second-order valence-corrected chi connectivity index (χ2v) is 11.5. The summed E-state index contributed by atoms with van der Waals surface area (Å²) in [5, 5.41) is 3.42. The molecule has 0 aromatic heterocycles. The molecule has 1 atom stereocenters. The molecular weight excluding hydrogens is 561 g/mol.